The molecule has 7 nitrogen and oxygen atoms in total. The lowest BCUT2D eigenvalue weighted by Gasteiger charge is -2.34. The second-order valence-electron chi connectivity index (χ2n) is 7.91. The van der Waals surface area contributed by atoms with E-state index >= 15 is 0 Å². The van der Waals surface area contributed by atoms with Crippen LogP contribution in [0.4, 0.5) is 0 Å². The van der Waals surface area contributed by atoms with Crippen LogP contribution in [0.15, 0.2) is 23.2 Å². The first-order chi connectivity index (χ1) is 14.7. The second kappa shape index (κ2) is 14.0. The van der Waals surface area contributed by atoms with E-state index in [4.69, 9.17) is 19.2 Å². The number of methoxy groups -OCH3 is 1. The van der Waals surface area contributed by atoms with Gasteiger partial charge in [-0.2, -0.15) is 0 Å². The van der Waals surface area contributed by atoms with Gasteiger partial charge in [-0.05, 0) is 63.8 Å². The molecule has 0 spiro atoms. The molecule has 1 aromatic rings. The van der Waals surface area contributed by atoms with Crippen LogP contribution in [-0.4, -0.2) is 76.1 Å². The number of hydrogen-bond acceptors (Lipinski definition) is 5. The van der Waals surface area contributed by atoms with Crippen LogP contribution in [-0.2, 0) is 11.2 Å². The van der Waals surface area contributed by atoms with E-state index in [9.17, 15) is 0 Å². The highest BCUT2D eigenvalue weighted by molar-refractivity contribution is 14.0. The van der Waals surface area contributed by atoms with E-state index in [1.165, 1.54) is 24.9 Å². The maximum atomic E-state index is 6.03. The van der Waals surface area contributed by atoms with Crippen molar-refractivity contribution in [2.24, 2.45) is 4.99 Å². The van der Waals surface area contributed by atoms with Gasteiger partial charge in [-0.3, -0.25) is 9.89 Å². The zero-order valence-corrected chi connectivity index (χ0v) is 21.5. The molecule has 0 saturated carbocycles. The van der Waals surface area contributed by atoms with Gasteiger partial charge < -0.3 is 24.8 Å². The van der Waals surface area contributed by atoms with Gasteiger partial charge in [0.1, 0.15) is 0 Å². The number of aryl methyl sites for hydroxylation is 1. The molecular weight excluding hydrogens is 507 g/mol. The normalized spacial score (nSPS) is 21.2. The number of aliphatic imine (C=N–C) groups is 1. The van der Waals surface area contributed by atoms with Crippen LogP contribution in [0, 0.1) is 0 Å². The smallest absolute Gasteiger partial charge is 0.191 e. The Bertz CT molecular complexity index is 689. The average molecular weight is 546 g/mol. The fourth-order valence-electron chi connectivity index (χ4n) is 4.18. The predicted octanol–water partition coefficient (Wildman–Crippen LogP) is 3.06. The summed E-state index contributed by atoms with van der Waals surface area (Å²) in [4.78, 5) is 7.33. The molecular formula is C23H39IN4O3. The van der Waals surface area contributed by atoms with Gasteiger partial charge in [0.25, 0.3) is 0 Å². The molecule has 2 unspecified atom stereocenters. The largest absolute Gasteiger partial charge is 0.493 e. The van der Waals surface area contributed by atoms with Gasteiger partial charge in [-0.1, -0.05) is 6.07 Å². The molecule has 0 amide bonds. The number of nitrogens with one attached hydrogen (secondary N) is 2. The first-order valence-corrected chi connectivity index (χ1v) is 11.4. The van der Waals surface area contributed by atoms with Crippen molar-refractivity contribution in [2.45, 2.75) is 51.7 Å². The number of morpholine rings is 1. The van der Waals surface area contributed by atoms with E-state index in [-0.39, 0.29) is 30.1 Å². The number of halogens is 1. The summed E-state index contributed by atoms with van der Waals surface area (Å²) in [5.41, 5.74) is 1.25. The van der Waals surface area contributed by atoms with Crippen LogP contribution in [0.2, 0.25) is 0 Å². The number of fused-ring (bicyclic) bond motifs is 1. The average Bonchev–Trinajstić information content (AvgIpc) is 3.23. The Kier molecular flexibility index (Phi) is 11.7. The zero-order chi connectivity index (χ0) is 21.2. The van der Waals surface area contributed by atoms with Crippen molar-refractivity contribution in [3.05, 3.63) is 23.8 Å². The summed E-state index contributed by atoms with van der Waals surface area (Å²) in [6.45, 7) is 10.2. The molecule has 1 aromatic carbocycles. The van der Waals surface area contributed by atoms with Crippen molar-refractivity contribution in [2.75, 3.05) is 53.0 Å². The molecule has 8 heteroatoms. The standard InChI is InChI=1S/C23H38N4O3.HI/c1-4-24-23(26-15-20-16-27-13-7-9-19(27)17-30-20)25-12-6-8-18-10-11-21(28-3)22(14-18)29-5-2;/h10-11,14,19-20H,4-9,12-13,15-17H2,1-3H3,(H2,24,25,26);1H. The lowest BCUT2D eigenvalue weighted by atomic mass is 10.1. The third-order valence-corrected chi connectivity index (χ3v) is 5.72. The van der Waals surface area contributed by atoms with Crippen LogP contribution < -0.4 is 20.1 Å². The number of guanidine groups is 1. The predicted molar refractivity (Wildman–Crippen MR) is 136 cm³/mol. The molecule has 2 heterocycles. The summed E-state index contributed by atoms with van der Waals surface area (Å²) in [6.07, 6.45) is 4.76. The molecule has 0 bridgehead atoms. The highest BCUT2D eigenvalue weighted by atomic mass is 127. The molecule has 176 valence electrons. The number of rotatable bonds is 10. The number of ether oxygens (including phenoxy) is 3. The number of nitrogens with zero attached hydrogens (tertiary/aromatic N) is 2. The minimum atomic E-state index is 0. The topological polar surface area (TPSA) is 67.4 Å². The fraction of sp³-hybridized carbons (Fsp3) is 0.696. The van der Waals surface area contributed by atoms with Gasteiger partial charge >= 0.3 is 0 Å². The summed E-state index contributed by atoms with van der Waals surface area (Å²) >= 11 is 0. The third-order valence-electron chi connectivity index (χ3n) is 5.72. The molecule has 2 fully saturated rings. The fourth-order valence-corrected chi connectivity index (χ4v) is 4.18. The van der Waals surface area contributed by atoms with Crippen molar-refractivity contribution in [3.8, 4) is 11.5 Å². The quantitative estimate of drug-likeness (QED) is 0.204. The van der Waals surface area contributed by atoms with Gasteiger partial charge in [0.15, 0.2) is 17.5 Å². The zero-order valence-electron chi connectivity index (χ0n) is 19.2. The first kappa shape index (κ1) is 26.0. The van der Waals surface area contributed by atoms with Crippen LogP contribution >= 0.6 is 24.0 Å². The highest BCUT2D eigenvalue weighted by Gasteiger charge is 2.31. The van der Waals surface area contributed by atoms with Crippen LogP contribution in [0.1, 0.15) is 38.7 Å². The Morgan fingerprint density at radius 3 is 2.90 bits per heavy atom. The molecule has 3 rings (SSSR count). The lowest BCUT2D eigenvalue weighted by molar-refractivity contribution is -0.0432. The summed E-state index contributed by atoms with van der Waals surface area (Å²) in [6, 6.07) is 6.80. The van der Waals surface area contributed by atoms with Gasteiger partial charge in [-0.25, -0.2) is 0 Å². The Balaban J connectivity index is 0.00000341. The molecule has 31 heavy (non-hydrogen) atoms. The monoisotopic (exact) mass is 546 g/mol. The van der Waals surface area contributed by atoms with E-state index in [0.717, 1.165) is 56.5 Å². The second-order valence-corrected chi connectivity index (χ2v) is 7.91. The Labute approximate surface area is 204 Å². The van der Waals surface area contributed by atoms with Crippen molar-refractivity contribution in [1.82, 2.24) is 15.5 Å². The summed E-state index contributed by atoms with van der Waals surface area (Å²) < 4.78 is 17.1. The lowest BCUT2D eigenvalue weighted by Crippen LogP contribution is -2.47. The number of hydrogen-bond donors (Lipinski definition) is 2. The third kappa shape index (κ3) is 7.98. The van der Waals surface area contributed by atoms with Crippen molar-refractivity contribution in [1.29, 1.82) is 0 Å². The maximum absolute atomic E-state index is 6.03. The Morgan fingerprint density at radius 1 is 1.26 bits per heavy atom. The highest BCUT2D eigenvalue weighted by Crippen LogP contribution is 2.28. The van der Waals surface area contributed by atoms with E-state index in [0.29, 0.717) is 19.2 Å². The molecule has 0 aliphatic carbocycles. The molecule has 2 aliphatic heterocycles. The minimum absolute atomic E-state index is 0. The van der Waals surface area contributed by atoms with Gasteiger partial charge in [0, 0.05) is 25.7 Å². The Hall–Kier alpha value is -1.26. The van der Waals surface area contributed by atoms with E-state index in [1.54, 1.807) is 7.11 Å². The summed E-state index contributed by atoms with van der Waals surface area (Å²) in [5.74, 6) is 2.47. The van der Waals surface area contributed by atoms with Crippen LogP contribution in [0.3, 0.4) is 0 Å². The van der Waals surface area contributed by atoms with Gasteiger partial charge in [-0.15, -0.1) is 24.0 Å². The molecule has 2 saturated heterocycles. The van der Waals surface area contributed by atoms with Gasteiger partial charge in [0.05, 0.1) is 33.0 Å². The maximum Gasteiger partial charge on any atom is 0.191 e. The molecule has 0 radical (unpaired) electrons. The molecule has 0 aromatic heterocycles. The Morgan fingerprint density at radius 2 is 2.13 bits per heavy atom. The first-order valence-electron chi connectivity index (χ1n) is 11.4. The van der Waals surface area contributed by atoms with Crippen molar-refractivity contribution >= 4 is 29.9 Å². The summed E-state index contributed by atoms with van der Waals surface area (Å²) in [5, 5.41) is 6.79. The molecule has 2 aliphatic rings. The SMILES string of the molecule is CCNC(=NCC1CN2CCCC2CO1)NCCCc1ccc(OC)c(OCC)c1.I. The van der Waals surface area contributed by atoms with E-state index < -0.39 is 0 Å². The van der Waals surface area contributed by atoms with Crippen molar-refractivity contribution in [3.63, 3.8) is 0 Å². The minimum Gasteiger partial charge on any atom is -0.493 e. The van der Waals surface area contributed by atoms with E-state index in [1.807, 2.05) is 13.0 Å². The van der Waals surface area contributed by atoms with Crippen molar-refractivity contribution < 1.29 is 14.2 Å². The summed E-state index contributed by atoms with van der Waals surface area (Å²) in [7, 11) is 1.67. The van der Waals surface area contributed by atoms with E-state index in [2.05, 4.69) is 34.6 Å². The van der Waals surface area contributed by atoms with Gasteiger partial charge in [0.2, 0.25) is 0 Å². The van der Waals surface area contributed by atoms with Crippen LogP contribution in [0.5, 0.6) is 11.5 Å². The number of benzene rings is 1. The van der Waals surface area contributed by atoms with Crippen LogP contribution in [0.25, 0.3) is 0 Å². The molecule has 2 N–H and O–H groups in total. The molecule has 2 atom stereocenters.